The summed E-state index contributed by atoms with van der Waals surface area (Å²) >= 11 is 0.803. The number of aromatic nitrogens is 2. The van der Waals surface area contributed by atoms with Crippen molar-refractivity contribution < 1.29 is 18.3 Å². The van der Waals surface area contributed by atoms with Crippen molar-refractivity contribution in [1.29, 1.82) is 0 Å². The summed E-state index contributed by atoms with van der Waals surface area (Å²) in [5, 5.41) is 19.1. The molecule has 2 unspecified atom stereocenters. The highest BCUT2D eigenvalue weighted by atomic mass is 32.2. The van der Waals surface area contributed by atoms with Crippen molar-refractivity contribution in [2.24, 2.45) is 5.92 Å². The van der Waals surface area contributed by atoms with Crippen molar-refractivity contribution in [3.63, 3.8) is 0 Å². The van der Waals surface area contributed by atoms with Gasteiger partial charge in [0.2, 0.25) is 15.4 Å². The third kappa shape index (κ3) is 2.82. The molecule has 2 atom stereocenters. The second-order valence-electron chi connectivity index (χ2n) is 4.69. The Morgan fingerprint density at radius 2 is 2.25 bits per heavy atom. The summed E-state index contributed by atoms with van der Waals surface area (Å²) in [5.41, 5.74) is 0. The van der Waals surface area contributed by atoms with E-state index in [9.17, 15) is 18.3 Å². The molecule has 20 heavy (non-hydrogen) atoms. The summed E-state index contributed by atoms with van der Waals surface area (Å²) in [6, 6.07) is -0.437. The number of hydrogen-bond donors (Lipinski definition) is 2. The van der Waals surface area contributed by atoms with Crippen LogP contribution in [-0.4, -0.2) is 53.1 Å². The average molecular weight is 320 g/mol. The van der Waals surface area contributed by atoms with Gasteiger partial charge in [-0.05, 0) is 12.3 Å². The predicted molar refractivity (Wildman–Crippen MR) is 72.8 cm³/mol. The molecule has 0 radical (unpaired) electrons. The van der Waals surface area contributed by atoms with Crippen molar-refractivity contribution in [3.05, 3.63) is 0 Å². The molecule has 1 aromatic rings. The zero-order valence-corrected chi connectivity index (χ0v) is 12.7. The number of sulfonamides is 1. The van der Waals surface area contributed by atoms with Crippen LogP contribution in [0.1, 0.15) is 20.3 Å². The molecule has 0 spiro atoms. The van der Waals surface area contributed by atoms with Crippen LogP contribution < -0.4 is 5.32 Å². The highest BCUT2D eigenvalue weighted by Gasteiger charge is 2.40. The Kier molecular flexibility index (Phi) is 4.37. The van der Waals surface area contributed by atoms with E-state index in [1.54, 1.807) is 0 Å². The SMILES string of the molecule is CC(=O)Nc1nnc(S(=O)(=O)N2CCC(C)C2CO)s1. The standard InChI is InChI=1S/C10H16N4O4S2/c1-6-3-4-14(8(6)5-15)20(17,18)10-13-12-9(19-10)11-7(2)16/h6,8,15H,3-5H2,1-2H3,(H,11,12,16). The fourth-order valence-electron chi connectivity index (χ4n) is 2.16. The zero-order valence-electron chi connectivity index (χ0n) is 11.1. The molecule has 1 saturated heterocycles. The molecule has 2 rings (SSSR count). The molecule has 1 fully saturated rings. The molecule has 112 valence electrons. The monoisotopic (exact) mass is 320 g/mol. The Hall–Kier alpha value is -1.10. The smallest absolute Gasteiger partial charge is 0.272 e. The van der Waals surface area contributed by atoms with Gasteiger partial charge in [-0.25, -0.2) is 8.42 Å². The number of anilines is 1. The zero-order chi connectivity index (χ0) is 14.9. The molecular weight excluding hydrogens is 304 g/mol. The van der Waals surface area contributed by atoms with E-state index in [1.807, 2.05) is 6.92 Å². The van der Waals surface area contributed by atoms with E-state index in [2.05, 4.69) is 15.5 Å². The quantitative estimate of drug-likeness (QED) is 0.748. The van der Waals surface area contributed by atoms with Crippen LogP contribution in [0.15, 0.2) is 4.34 Å². The van der Waals surface area contributed by atoms with Gasteiger partial charge in [0.15, 0.2) is 0 Å². The van der Waals surface area contributed by atoms with Gasteiger partial charge in [0, 0.05) is 13.5 Å². The van der Waals surface area contributed by atoms with E-state index >= 15 is 0 Å². The second-order valence-corrected chi connectivity index (χ2v) is 7.73. The van der Waals surface area contributed by atoms with E-state index in [-0.39, 0.29) is 27.9 Å². The van der Waals surface area contributed by atoms with E-state index in [0.717, 1.165) is 11.3 Å². The highest BCUT2D eigenvalue weighted by molar-refractivity contribution is 7.91. The van der Waals surface area contributed by atoms with Gasteiger partial charge >= 0.3 is 0 Å². The van der Waals surface area contributed by atoms with Crippen LogP contribution in [0.5, 0.6) is 0 Å². The molecular formula is C10H16N4O4S2. The fourth-order valence-corrected chi connectivity index (χ4v) is 4.95. The van der Waals surface area contributed by atoms with Crippen molar-refractivity contribution in [2.75, 3.05) is 18.5 Å². The van der Waals surface area contributed by atoms with Crippen LogP contribution in [0.2, 0.25) is 0 Å². The maximum absolute atomic E-state index is 12.5. The van der Waals surface area contributed by atoms with Crippen LogP contribution in [0.4, 0.5) is 5.13 Å². The second kappa shape index (κ2) is 5.72. The average Bonchev–Trinajstić information content (AvgIpc) is 2.95. The van der Waals surface area contributed by atoms with E-state index < -0.39 is 16.1 Å². The van der Waals surface area contributed by atoms with Crippen LogP contribution in [0.3, 0.4) is 0 Å². The Balaban J connectivity index is 2.26. The van der Waals surface area contributed by atoms with E-state index in [1.165, 1.54) is 11.2 Å². The number of amides is 1. The van der Waals surface area contributed by atoms with Gasteiger partial charge in [0.05, 0.1) is 12.6 Å². The predicted octanol–water partition coefficient (Wildman–Crippen LogP) is -0.112. The normalized spacial score (nSPS) is 23.9. The van der Waals surface area contributed by atoms with Gasteiger partial charge < -0.3 is 10.4 Å². The van der Waals surface area contributed by atoms with Gasteiger partial charge in [-0.3, -0.25) is 4.79 Å². The van der Waals surface area contributed by atoms with Crippen LogP contribution >= 0.6 is 11.3 Å². The van der Waals surface area contributed by atoms with E-state index in [4.69, 9.17) is 0 Å². The number of carbonyl (C=O) groups is 1. The molecule has 2 N–H and O–H groups in total. The Morgan fingerprint density at radius 1 is 1.55 bits per heavy atom. The molecule has 0 aromatic carbocycles. The molecule has 0 saturated carbocycles. The number of aliphatic hydroxyl groups excluding tert-OH is 1. The topological polar surface area (TPSA) is 112 Å². The summed E-state index contributed by atoms with van der Waals surface area (Å²) in [7, 11) is -3.78. The minimum atomic E-state index is -3.78. The van der Waals surface area contributed by atoms with Crippen LogP contribution in [0, 0.1) is 5.92 Å². The lowest BCUT2D eigenvalue weighted by atomic mass is 10.0. The Morgan fingerprint density at radius 3 is 2.85 bits per heavy atom. The number of nitrogens with zero attached hydrogens (tertiary/aromatic N) is 3. The van der Waals surface area contributed by atoms with Crippen molar-refractivity contribution in [2.45, 2.75) is 30.6 Å². The first kappa shape index (κ1) is 15.3. The number of rotatable bonds is 4. The summed E-state index contributed by atoms with van der Waals surface area (Å²) in [5.74, 6) is -0.245. The lowest BCUT2D eigenvalue weighted by Gasteiger charge is -2.22. The van der Waals surface area contributed by atoms with E-state index in [0.29, 0.717) is 13.0 Å². The van der Waals surface area contributed by atoms with Gasteiger partial charge in [-0.2, -0.15) is 4.31 Å². The summed E-state index contributed by atoms with van der Waals surface area (Å²) < 4.78 is 26.0. The summed E-state index contributed by atoms with van der Waals surface area (Å²) in [4.78, 5) is 10.9. The minimum Gasteiger partial charge on any atom is -0.395 e. The minimum absolute atomic E-state index is 0.0949. The van der Waals surface area contributed by atoms with Gasteiger partial charge in [-0.15, -0.1) is 10.2 Å². The van der Waals surface area contributed by atoms with Crippen molar-refractivity contribution >= 4 is 32.4 Å². The molecule has 0 aliphatic carbocycles. The molecule has 8 nitrogen and oxygen atoms in total. The van der Waals surface area contributed by atoms with Crippen molar-refractivity contribution in [1.82, 2.24) is 14.5 Å². The highest BCUT2D eigenvalue weighted by Crippen LogP contribution is 2.31. The maximum atomic E-state index is 12.5. The molecule has 1 aromatic heterocycles. The summed E-state index contributed by atoms with van der Waals surface area (Å²) in [6.07, 6.45) is 0.696. The molecule has 1 aliphatic rings. The number of carbonyl (C=O) groups excluding carboxylic acids is 1. The molecule has 0 bridgehead atoms. The Bertz CT molecular complexity index is 600. The van der Waals surface area contributed by atoms with Gasteiger partial charge in [0.1, 0.15) is 0 Å². The lowest BCUT2D eigenvalue weighted by Crippen LogP contribution is -2.39. The van der Waals surface area contributed by atoms with Gasteiger partial charge in [-0.1, -0.05) is 18.3 Å². The molecule has 1 aliphatic heterocycles. The van der Waals surface area contributed by atoms with Crippen LogP contribution in [0.25, 0.3) is 0 Å². The first-order chi connectivity index (χ1) is 9.36. The third-order valence-corrected chi connectivity index (χ3v) is 6.35. The molecule has 2 heterocycles. The van der Waals surface area contributed by atoms with Gasteiger partial charge in [0.25, 0.3) is 10.0 Å². The largest absolute Gasteiger partial charge is 0.395 e. The summed E-state index contributed by atoms with van der Waals surface area (Å²) in [6.45, 7) is 3.33. The first-order valence-corrected chi connectivity index (χ1v) is 8.35. The number of hydrogen-bond acceptors (Lipinski definition) is 7. The first-order valence-electron chi connectivity index (χ1n) is 6.10. The Labute approximate surface area is 120 Å². The van der Waals surface area contributed by atoms with Crippen molar-refractivity contribution in [3.8, 4) is 0 Å². The maximum Gasteiger partial charge on any atom is 0.272 e. The third-order valence-electron chi connectivity index (χ3n) is 3.24. The number of aliphatic hydroxyl groups is 1. The van der Waals surface area contributed by atoms with Crippen LogP contribution in [-0.2, 0) is 14.8 Å². The lowest BCUT2D eigenvalue weighted by molar-refractivity contribution is -0.114. The molecule has 1 amide bonds. The fraction of sp³-hybridized carbons (Fsp3) is 0.700. The molecule has 10 heteroatoms. The number of nitrogens with one attached hydrogen (secondary N) is 1.